The minimum atomic E-state index is -0.247. The first-order valence-corrected chi connectivity index (χ1v) is 6.90. The lowest BCUT2D eigenvalue weighted by molar-refractivity contribution is 0.0970. The molecular weight excluding hydrogens is 316 g/mol. The highest BCUT2D eigenvalue weighted by atomic mass is 79.9. The van der Waals surface area contributed by atoms with Gasteiger partial charge < -0.3 is 0 Å². The molecule has 0 spiro atoms. The van der Waals surface area contributed by atoms with E-state index in [9.17, 15) is 9.59 Å². The number of ketones is 1. The number of carbonyl (C=O) groups excluding carboxylic acids is 1. The summed E-state index contributed by atoms with van der Waals surface area (Å²) in [6, 6.07) is 1.86. The molecule has 94 valence electrons. The zero-order chi connectivity index (χ0) is 13.3. The highest BCUT2D eigenvalue weighted by molar-refractivity contribution is 9.10. The van der Waals surface area contributed by atoms with Gasteiger partial charge in [0.25, 0.3) is 5.56 Å². The third-order valence-corrected chi connectivity index (χ3v) is 4.02. The lowest BCUT2D eigenvalue weighted by atomic mass is 10.1. The van der Waals surface area contributed by atoms with E-state index < -0.39 is 0 Å². The van der Waals surface area contributed by atoms with Crippen LogP contribution >= 0.6 is 27.3 Å². The summed E-state index contributed by atoms with van der Waals surface area (Å²) >= 11 is 4.69. The van der Waals surface area contributed by atoms with Gasteiger partial charge in [-0.1, -0.05) is 0 Å². The van der Waals surface area contributed by atoms with Crippen molar-refractivity contribution in [3.8, 4) is 0 Å². The quantitative estimate of drug-likeness (QED) is 0.814. The zero-order valence-corrected chi connectivity index (χ0v) is 12.3. The lowest BCUT2D eigenvalue weighted by Crippen LogP contribution is -2.24. The second-order valence-corrected chi connectivity index (χ2v) is 6.24. The number of hydrogen-bond donors (Lipinski definition) is 0. The number of Topliss-reactive ketones (excluding diaryl/α,β-unsaturated/α-hetero) is 1. The number of carbonyl (C=O) groups is 1. The predicted octanol–water partition coefficient (Wildman–Crippen LogP) is 2.57. The second-order valence-electron chi connectivity index (χ2n) is 3.92. The first-order valence-electron chi connectivity index (χ1n) is 5.29. The average Bonchev–Trinajstić information content (AvgIpc) is 2.64. The standard InChI is InChI=1S/C12H11BrN2O2S/c1-7-3-9(8(2)18-7)11(16)5-15-6-14-4-10(13)12(15)17/h3-4,6H,5H2,1-2H3. The van der Waals surface area contributed by atoms with E-state index in [2.05, 4.69) is 20.9 Å². The van der Waals surface area contributed by atoms with Crippen molar-refractivity contribution < 1.29 is 4.79 Å². The summed E-state index contributed by atoms with van der Waals surface area (Å²) in [5.41, 5.74) is 0.437. The molecule has 0 aliphatic heterocycles. The van der Waals surface area contributed by atoms with Crippen LogP contribution in [-0.4, -0.2) is 15.3 Å². The molecule has 2 aromatic rings. The van der Waals surface area contributed by atoms with Crippen molar-refractivity contribution in [1.29, 1.82) is 0 Å². The van der Waals surface area contributed by atoms with Crippen molar-refractivity contribution in [3.63, 3.8) is 0 Å². The number of thiophene rings is 1. The molecule has 0 aliphatic carbocycles. The van der Waals surface area contributed by atoms with Crippen LogP contribution in [0.5, 0.6) is 0 Å². The van der Waals surface area contributed by atoms with Crippen molar-refractivity contribution in [2.45, 2.75) is 20.4 Å². The van der Waals surface area contributed by atoms with Gasteiger partial charge in [0.1, 0.15) is 4.47 Å². The van der Waals surface area contributed by atoms with E-state index in [0.717, 1.165) is 9.75 Å². The van der Waals surface area contributed by atoms with Gasteiger partial charge in [-0.15, -0.1) is 11.3 Å². The summed E-state index contributed by atoms with van der Waals surface area (Å²) in [4.78, 5) is 29.8. The van der Waals surface area contributed by atoms with Crippen LogP contribution in [-0.2, 0) is 6.54 Å². The van der Waals surface area contributed by atoms with Crippen LogP contribution in [0.4, 0.5) is 0 Å². The van der Waals surface area contributed by atoms with Gasteiger partial charge in [0.05, 0.1) is 12.9 Å². The monoisotopic (exact) mass is 326 g/mol. The fourth-order valence-corrected chi connectivity index (χ4v) is 2.97. The van der Waals surface area contributed by atoms with Crippen LogP contribution in [0.2, 0.25) is 0 Å². The maximum Gasteiger partial charge on any atom is 0.268 e. The Hall–Kier alpha value is -1.27. The number of rotatable bonds is 3. The molecular formula is C12H11BrN2O2S. The van der Waals surface area contributed by atoms with Crippen LogP contribution in [0.3, 0.4) is 0 Å². The molecule has 2 aromatic heterocycles. The highest BCUT2D eigenvalue weighted by Crippen LogP contribution is 2.21. The summed E-state index contributed by atoms with van der Waals surface area (Å²) < 4.78 is 1.66. The molecule has 0 fully saturated rings. The fraction of sp³-hybridized carbons (Fsp3) is 0.250. The summed E-state index contributed by atoms with van der Waals surface area (Å²) in [5, 5.41) is 0. The third-order valence-electron chi connectivity index (χ3n) is 2.51. The molecule has 6 heteroatoms. The molecule has 0 saturated heterocycles. The number of nitrogens with zero attached hydrogens (tertiary/aromatic N) is 2. The summed E-state index contributed by atoms with van der Waals surface area (Å²) in [6.07, 6.45) is 2.79. The summed E-state index contributed by atoms with van der Waals surface area (Å²) in [5.74, 6) is -0.0705. The van der Waals surface area contributed by atoms with Crippen LogP contribution in [0.15, 0.2) is 27.9 Å². The van der Waals surface area contributed by atoms with Crippen molar-refractivity contribution >= 4 is 33.0 Å². The molecule has 0 bridgehead atoms. The van der Waals surface area contributed by atoms with Gasteiger partial charge in [-0.2, -0.15) is 0 Å². The van der Waals surface area contributed by atoms with Crippen LogP contribution in [0, 0.1) is 13.8 Å². The average molecular weight is 327 g/mol. The molecule has 18 heavy (non-hydrogen) atoms. The van der Waals surface area contributed by atoms with Gasteiger partial charge in [0.15, 0.2) is 5.78 Å². The Morgan fingerprint density at radius 1 is 1.50 bits per heavy atom. The maximum atomic E-state index is 12.1. The predicted molar refractivity (Wildman–Crippen MR) is 74.3 cm³/mol. The van der Waals surface area contributed by atoms with Gasteiger partial charge in [-0.3, -0.25) is 14.2 Å². The van der Waals surface area contributed by atoms with Crippen molar-refractivity contribution in [1.82, 2.24) is 9.55 Å². The molecule has 0 aliphatic rings. The van der Waals surface area contributed by atoms with Gasteiger partial charge in [0, 0.05) is 21.5 Å². The summed E-state index contributed by atoms with van der Waals surface area (Å²) in [6.45, 7) is 3.89. The number of aromatic nitrogens is 2. The number of hydrogen-bond acceptors (Lipinski definition) is 4. The normalized spacial score (nSPS) is 10.6. The Balaban J connectivity index is 2.30. The molecule has 2 rings (SSSR count). The number of halogens is 1. The maximum absolute atomic E-state index is 12.1. The van der Waals surface area contributed by atoms with Crippen LogP contribution in [0.25, 0.3) is 0 Å². The fourth-order valence-electron chi connectivity index (χ4n) is 1.68. The Labute approximate surface area is 116 Å². The zero-order valence-electron chi connectivity index (χ0n) is 9.94. The van der Waals surface area contributed by atoms with E-state index in [0.29, 0.717) is 10.0 Å². The van der Waals surface area contributed by atoms with E-state index >= 15 is 0 Å². The first kappa shape index (κ1) is 13.2. The van der Waals surface area contributed by atoms with E-state index in [4.69, 9.17) is 0 Å². The molecule has 0 aromatic carbocycles. The topological polar surface area (TPSA) is 52.0 Å². The second kappa shape index (κ2) is 5.16. The Bertz CT molecular complexity index is 660. The largest absolute Gasteiger partial charge is 0.292 e. The van der Waals surface area contributed by atoms with Gasteiger partial charge >= 0.3 is 0 Å². The highest BCUT2D eigenvalue weighted by Gasteiger charge is 2.13. The Morgan fingerprint density at radius 3 is 2.83 bits per heavy atom. The minimum Gasteiger partial charge on any atom is -0.292 e. The minimum absolute atomic E-state index is 0.0162. The van der Waals surface area contributed by atoms with Crippen molar-refractivity contribution in [2.75, 3.05) is 0 Å². The molecule has 0 radical (unpaired) electrons. The molecule has 0 saturated carbocycles. The van der Waals surface area contributed by atoms with E-state index in [-0.39, 0.29) is 17.9 Å². The van der Waals surface area contributed by atoms with Gasteiger partial charge in [-0.05, 0) is 35.8 Å². The molecule has 0 unspecified atom stereocenters. The Kier molecular flexibility index (Phi) is 3.77. The molecule has 0 atom stereocenters. The van der Waals surface area contributed by atoms with Crippen molar-refractivity contribution in [3.05, 3.63) is 48.7 Å². The third kappa shape index (κ3) is 2.59. The molecule has 0 amide bonds. The summed E-state index contributed by atoms with van der Waals surface area (Å²) in [7, 11) is 0. The van der Waals surface area contributed by atoms with E-state index in [1.54, 1.807) is 11.3 Å². The number of aryl methyl sites for hydroxylation is 2. The Morgan fingerprint density at radius 2 is 2.22 bits per heavy atom. The smallest absolute Gasteiger partial charge is 0.268 e. The van der Waals surface area contributed by atoms with E-state index in [1.807, 2.05) is 19.9 Å². The van der Waals surface area contributed by atoms with Crippen molar-refractivity contribution in [2.24, 2.45) is 0 Å². The first-order chi connectivity index (χ1) is 8.49. The van der Waals surface area contributed by atoms with E-state index in [1.165, 1.54) is 17.1 Å². The van der Waals surface area contributed by atoms with Crippen LogP contribution < -0.4 is 5.56 Å². The van der Waals surface area contributed by atoms with Crippen LogP contribution in [0.1, 0.15) is 20.1 Å². The van der Waals surface area contributed by atoms with Gasteiger partial charge in [-0.25, -0.2) is 4.98 Å². The SMILES string of the molecule is Cc1cc(C(=O)Cn2cncc(Br)c2=O)c(C)s1. The lowest BCUT2D eigenvalue weighted by Gasteiger charge is -2.04. The van der Waals surface area contributed by atoms with Gasteiger partial charge in [0.2, 0.25) is 0 Å². The molecule has 2 heterocycles. The molecule has 0 N–H and O–H groups in total. The molecule has 4 nitrogen and oxygen atoms in total.